The second kappa shape index (κ2) is 9.16. The third-order valence-electron chi connectivity index (χ3n) is 5.42. The molecular weight excluding hydrogens is 433 g/mol. The van der Waals surface area contributed by atoms with Crippen molar-refractivity contribution in [2.75, 3.05) is 18.1 Å². The van der Waals surface area contributed by atoms with Gasteiger partial charge in [-0.25, -0.2) is 12.8 Å². The molecule has 6 nitrogen and oxygen atoms in total. The van der Waals surface area contributed by atoms with Gasteiger partial charge in [-0.15, -0.1) is 0 Å². The van der Waals surface area contributed by atoms with Crippen LogP contribution in [0, 0.1) is 5.82 Å². The fraction of sp³-hybridized carbons (Fsp3) is 0.292. The number of amides is 1. The summed E-state index contributed by atoms with van der Waals surface area (Å²) in [4.78, 5) is 15.0. The summed E-state index contributed by atoms with van der Waals surface area (Å²) < 4.78 is 48.8. The first-order chi connectivity index (χ1) is 15.3. The van der Waals surface area contributed by atoms with E-state index in [0.29, 0.717) is 41.4 Å². The maximum Gasteiger partial charge on any atom is 0.254 e. The lowest BCUT2D eigenvalue weighted by Crippen LogP contribution is -2.40. The average Bonchev–Trinajstić information content (AvgIpc) is 3.38. The third-order valence-corrected chi connectivity index (χ3v) is 7.17. The molecule has 168 valence electrons. The molecule has 32 heavy (non-hydrogen) atoms. The van der Waals surface area contributed by atoms with Crippen LogP contribution in [0.2, 0.25) is 0 Å². The smallest absolute Gasteiger partial charge is 0.254 e. The highest BCUT2D eigenvalue weighted by Gasteiger charge is 2.35. The number of hydrogen-bond donors (Lipinski definition) is 0. The molecule has 3 aromatic rings. The summed E-state index contributed by atoms with van der Waals surface area (Å²) in [6.07, 6.45) is 0.380. The molecule has 1 aliphatic heterocycles. The number of halogens is 1. The van der Waals surface area contributed by atoms with Crippen molar-refractivity contribution < 1.29 is 26.8 Å². The van der Waals surface area contributed by atoms with Gasteiger partial charge in [-0.05, 0) is 67.9 Å². The number of benzene rings is 2. The molecule has 0 radical (unpaired) electrons. The van der Waals surface area contributed by atoms with E-state index in [0.717, 1.165) is 0 Å². The summed E-state index contributed by atoms with van der Waals surface area (Å²) >= 11 is 0. The van der Waals surface area contributed by atoms with Crippen LogP contribution in [0.1, 0.15) is 29.5 Å². The van der Waals surface area contributed by atoms with Crippen LogP contribution in [0.5, 0.6) is 5.75 Å². The van der Waals surface area contributed by atoms with Crippen molar-refractivity contribution >= 4 is 15.7 Å². The molecule has 0 bridgehead atoms. The highest BCUT2D eigenvalue weighted by molar-refractivity contribution is 7.91. The van der Waals surface area contributed by atoms with Crippen LogP contribution in [-0.4, -0.2) is 43.4 Å². The van der Waals surface area contributed by atoms with Crippen LogP contribution < -0.4 is 4.74 Å². The van der Waals surface area contributed by atoms with Gasteiger partial charge in [-0.3, -0.25) is 4.79 Å². The number of carbonyl (C=O) groups is 1. The first kappa shape index (κ1) is 22.1. The number of furan rings is 1. The molecule has 1 saturated heterocycles. The molecule has 1 atom stereocenters. The Labute approximate surface area is 186 Å². The normalized spacial score (nSPS) is 17.2. The molecule has 1 aliphatic rings. The molecule has 0 aliphatic carbocycles. The molecule has 2 heterocycles. The summed E-state index contributed by atoms with van der Waals surface area (Å²) in [6.45, 7) is 2.46. The highest BCUT2D eigenvalue weighted by Crippen LogP contribution is 2.27. The Morgan fingerprint density at radius 2 is 1.94 bits per heavy atom. The Bertz CT molecular complexity index is 1200. The molecule has 2 aromatic carbocycles. The highest BCUT2D eigenvalue weighted by atomic mass is 32.2. The lowest BCUT2D eigenvalue weighted by Gasteiger charge is -2.27. The molecular formula is C24H24FNO5S. The van der Waals surface area contributed by atoms with Gasteiger partial charge in [0.25, 0.3) is 5.91 Å². The van der Waals surface area contributed by atoms with Crippen LogP contribution >= 0.6 is 0 Å². The SMILES string of the molecule is CCOc1cccc(C(=O)N(Cc2ccc(-c3ccc(F)cc3)o2)[C@H]2CCS(=O)(=O)C2)c1. The maximum absolute atomic E-state index is 13.4. The van der Waals surface area contributed by atoms with E-state index >= 15 is 0 Å². The van der Waals surface area contributed by atoms with E-state index in [9.17, 15) is 17.6 Å². The van der Waals surface area contributed by atoms with Crippen molar-refractivity contribution in [2.45, 2.75) is 25.9 Å². The predicted octanol–water partition coefficient (Wildman–Crippen LogP) is 4.31. The first-order valence-corrected chi connectivity index (χ1v) is 12.3. The number of carbonyl (C=O) groups excluding carboxylic acids is 1. The van der Waals surface area contributed by atoms with E-state index < -0.39 is 15.9 Å². The lowest BCUT2D eigenvalue weighted by atomic mass is 10.1. The number of nitrogens with zero attached hydrogens (tertiary/aromatic N) is 1. The van der Waals surface area contributed by atoms with Gasteiger partial charge in [0.1, 0.15) is 23.1 Å². The minimum Gasteiger partial charge on any atom is -0.494 e. The quantitative estimate of drug-likeness (QED) is 0.528. The molecule has 0 spiro atoms. The summed E-state index contributed by atoms with van der Waals surface area (Å²) in [5.74, 6) is 0.999. The van der Waals surface area contributed by atoms with Gasteiger partial charge >= 0.3 is 0 Å². The summed E-state index contributed by atoms with van der Waals surface area (Å²) in [5, 5.41) is 0. The van der Waals surface area contributed by atoms with Gasteiger partial charge in [0.15, 0.2) is 9.84 Å². The van der Waals surface area contributed by atoms with E-state index in [2.05, 4.69) is 0 Å². The zero-order chi connectivity index (χ0) is 22.7. The van der Waals surface area contributed by atoms with Crippen molar-refractivity contribution in [1.29, 1.82) is 0 Å². The maximum atomic E-state index is 13.4. The number of hydrogen-bond acceptors (Lipinski definition) is 5. The van der Waals surface area contributed by atoms with Gasteiger partial charge in [0, 0.05) is 17.2 Å². The molecule has 0 N–H and O–H groups in total. The Morgan fingerprint density at radius 1 is 1.16 bits per heavy atom. The van der Waals surface area contributed by atoms with Crippen molar-refractivity contribution in [3.63, 3.8) is 0 Å². The van der Waals surface area contributed by atoms with Crippen LogP contribution in [0.4, 0.5) is 4.39 Å². The minimum atomic E-state index is -3.19. The van der Waals surface area contributed by atoms with Gasteiger partial charge in [0.05, 0.1) is 24.7 Å². The van der Waals surface area contributed by atoms with E-state index in [1.54, 1.807) is 53.4 Å². The fourth-order valence-corrected chi connectivity index (χ4v) is 5.57. The predicted molar refractivity (Wildman–Crippen MR) is 119 cm³/mol. The van der Waals surface area contributed by atoms with Gasteiger partial charge < -0.3 is 14.1 Å². The van der Waals surface area contributed by atoms with Gasteiger partial charge in [0.2, 0.25) is 0 Å². The summed E-state index contributed by atoms with van der Waals surface area (Å²) in [5.41, 5.74) is 1.13. The fourth-order valence-electron chi connectivity index (χ4n) is 3.84. The van der Waals surface area contributed by atoms with E-state index in [-0.39, 0.29) is 29.8 Å². The summed E-state index contributed by atoms with van der Waals surface area (Å²) in [7, 11) is -3.19. The number of rotatable bonds is 7. The summed E-state index contributed by atoms with van der Waals surface area (Å²) in [6, 6.07) is 15.8. The number of ether oxygens (including phenoxy) is 1. The zero-order valence-electron chi connectivity index (χ0n) is 17.7. The first-order valence-electron chi connectivity index (χ1n) is 10.4. The number of sulfone groups is 1. The Hall–Kier alpha value is -3.13. The largest absolute Gasteiger partial charge is 0.494 e. The second-order valence-corrected chi connectivity index (χ2v) is 9.95. The minimum absolute atomic E-state index is 0.0550. The molecule has 8 heteroatoms. The standard InChI is InChI=1S/C24H24FNO5S/c1-2-30-21-5-3-4-18(14-21)24(27)26(20-12-13-32(28,29)16-20)15-22-10-11-23(31-22)17-6-8-19(25)9-7-17/h3-11,14,20H,2,12-13,15-16H2,1H3/t20-/m0/s1. The molecule has 0 saturated carbocycles. The average molecular weight is 458 g/mol. The van der Waals surface area contributed by atoms with Crippen molar-refractivity contribution in [1.82, 2.24) is 4.90 Å². The molecule has 0 unspecified atom stereocenters. The topological polar surface area (TPSA) is 76.8 Å². The van der Waals surface area contributed by atoms with Gasteiger partial charge in [-0.1, -0.05) is 6.07 Å². The zero-order valence-corrected chi connectivity index (χ0v) is 18.5. The molecule has 1 aromatic heterocycles. The lowest BCUT2D eigenvalue weighted by molar-refractivity contribution is 0.0666. The van der Waals surface area contributed by atoms with Crippen LogP contribution in [0.15, 0.2) is 65.1 Å². The van der Waals surface area contributed by atoms with Crippen LogP contribution in [0.25, 0.3) is 11.3 Å². The Kier molecular flexibility index (Phi) is 6.32. The molecule has 1 amide bonds. The van der Waals surface area contributed by atoms with E-state index in [4.69, 9.17) is 9.15 Å². The third kappa shape index (κ3) is 5.02. The Morgan fingerprint density at radius 3 is 2.62 bits per heavy atom. The van der Waals surface area contributed by atoms with Crippen LogP contribution in [-0.2, 0) is 16.4 Å². The van der Waals surface area contributed by atoms with Crippen molar-refractivity contribution in [3.05, 3.63) is 77.8 Å². The monoisotopic (exact) mass is 457 g/mol. The van der Waals surface area contributed by atoms with Gasteiger partial charge in [-0.2, -0.15) is 0 Å². The van der Waals surface area contributed by atoms with E-state index in [1.807, 2.05) is 6.92 Å². The van der Waals surface area contributed by atoms with Crippen molar-refractivity contribution in [3.8, 4) is 17.1 Å². The molecule has 4 rings (SSSR count). The Balaban J connectivity index is 1.61. The molecule has 1 fully saturated rings. The second-order valence-electron chi connectivity index (χ2n) is 7.72. The van der Waals surface area contributed by atoms with Crippen molar-refractivity contribution in [2.24, 2.45) is 0 Å². The van der Waals surface area contributed by atoms with E-state index in [1.165, 1.54) is 12.1 Å². The van der Waals surface area contributed by atoms with Crippen LogP contribution in [0.3, 0.4) is 0 Å².